The molecule has 0 N–H and O–H groups in total. The highest BCUT2D eigenvalue weighted by Gasteiger charge is 2.32. The SMILES string of the molecule is Cc1nn(-c2cccc(C(F)(F)F)c2)c(C)c1C(=O)C(=O)N(C)C(C)CC(C)C. The Morgan fingerprint density at radius 2 is 1.79 bits per heavy atom. The van der Waals surface area contributed by atoms with Gasteiger partial charge >= 0.3 is 6.18 Å². The maximum Gasteiger partial charge on any atom is 0.416 e. The minimum atomic E-state index is -4.49. The average Bonchev–Trinajstić information content (AvgIpc) is 2.93. The van der Waals surface area contributed by atoms with Crippen molar-refractivity contribution in [3.8, 4) is 5.69 Å². The molecule has 1 heterocycles. The molecule has 1 amide bonds. The Labute approximate surface area is 168 Å². The number of benzene rings is 1. The summed E-state index contributed by atoms with van der Waals surface area (Å²) < 4.78 is 40.3. The Balaban J connectivity index is 2.39. The molecule has 2 aromatic rings. The van der Waals surface area contributed by atoms with Crippen molar-refractivity contribution in [1.82, 2.24) is 14.7 Å². The molecule has 2 rings (SSSR count). The van der Waals surface area contributed by atoms with Gasteiger partial charge in [0.1, 0.15) is 0 Å². The van der Waals surface area contributed by atoms with Crippen LogP contribution in [0.25, 0.3) is 5.69 Å². The van der Waals surface area contributed by atoms with E-state index >= 15 is 0 Å². The van der Waals surface area contributed by atoms with E-state index in [0.717, 1.165) is 18.6 Å². The quantitative estimate of drug-likeness (QED) is 0.518. The first-order valence-electron chi connectivity index (χ1n) is 9.39. The van der Waals surface area contributed by atoms with E-state index in [4.69, 9.17) is 0 Å². The monoisotopic (exact) mass is 409 g/mol. The Morgan fingerprint density at radius 1 is 1.17 bits per heavy atom. The van der Waals surface area contributed by atoms with Gasteiger partial charge in [-0.25, -0.2) is 4.68 Å². The van der Waals surface area contributed by atoms with Crippen LogP contribution in [0.2, 0.25) is 0 Å². The molecule has 0 aliphatic rings. The van der Waals surface area contributed by atoms with E-state index < -0.39 is 23.4 Å². The summed E-state index contributed by atoms with van der Waals surface area (Å²) >= 11 is 0. The molecule has 1 aromatic heterocycles. The fourth-order valence-corrected chi connectivity index (χ4v) is 3.34. The van der Waals surface area contributed by atoms with Crippen LogP contribution in [-0.4, -0.2) is 39.5 Å². The third-order valence-electron chi connectivity index (χ3n) is 4.92. The first-order valence-corrected chi connectivity index (χ1v) is 9.39. The molecule has 5 nitrogen and oxygen atoms in total. The molecule has 1 atom stereocenters. The molecule has 0 bridgehead atoms. The van der Waals surface area contributed by atoms with Crippen LogP contribution in [-0.2, 0) is 11.0 Å². The fourth-order valence-electron chi connectivity index (χ4n) is 3.34. The summed E-state index contributed by atoms with van der Waals surface area (Å²) in [5.41, 5.74) is 0.103. The predicted octanol–water partition coefficient (Wildman–Crippen LogP) is 4.58. The Morgan fingerprint density at radius 3 is 2.34 bits per heavy atom. The topological polar surface area (TPSA) is 55.2 Å². The highest BCUT2D eigenvalue weighted by molar-refractivity contribution is 6.43. The van der Waals surface area contributed by atoms with Gasteiger partial charge in [-0.05, 0) is 51.3 Å². The van der Waals surface area contributed by atoms with Gasteiger partial charge in [0.25, 0.3) is 11.7 Å². The average molecular weight is 409 g/mol. The molecule has 0 aliphatic heterocycles. The van der Waals surface area contributed by atoms with Crippen molar-refractivity contribution in [3.05, 3.63) is 46.8 Å². The maximum absolute atomic E-state index is 13.0. The minimum Gasteiger partial charge on any atom is -0.336 e. The first-order chi connectivity index (χ1) is 13.3. The lowest BCUT2D eigenvalue weighted by molar-refractivity contribution is -0.137. The number of carbonyl (C=O) groups excluding carboxylic acids is 2. The second kappa shape index (κ2) is 8.39. The molecule has 8 heteroatoms. The molecule has 0 spiro atoms. The first kappa shape index (κ1) is 22.6. The minimum absolute atomic E-state index is 0.120. The van der Waals surface area contributed by atoms with Crippen LogP contribution < -0.4 is 0 Å². The van der Waals surface area contributed by atoms with Gasteiger partial charge < -0.3 is 4.90 Å². The molecule has 0 radical (unpaired) electrons. The third kappa shape index (κ3) is 4.86. The standard InChI is InChI=1S/C21H26F3N3O2/c1-12(2)10-13(3)26(6)20(29)19(28)18-14(4)25-27(15(18)5)17-9-7-8-16(11-17)21(22,23)24/h7-9,11-13H,10H2,1-6H3. The number of hydrogen-bond donors (Lipinski definition) is 0. The van der Waals surface area contributed by atoms with E-state index in [1.165, 1.54) is 21.7 Å². The lowest BCUT2D eigenvalue weighted by Gasteiger charge is -2.25. The number of alkyl halides is 3. The smallest absolute Gasteiger partial charge is 0.336 e. The number of likely N-dealkylation sites (N-methyl/N-ethyl adjacent to an activating group) is 1. The summed E-state index contributed by atoms with van der Waals surface area (Å²) in [6, 6.07) is 4.57. The number of nitrogens with zero attached hydrogens (tertiary/aromatic N) is 3. The number of rotatable bonds is 6. The van der Waals surface area contributed by atoms with E-state index in [-0.39, 0.29) is 17.3 Å². The van der Waals surface area contributed by atoms with Crippen LogP contribution >= 0.6 is 0 Å². The number of aromatic nitrogens is 2. The van der Waals surface area contributed by atoms with Gasteiger partial charge in [0.15, 0.2) is 0 Å². The number of hydrogen-bond acceptors (Lipinski definition) is 3. The van der Waals surface area contributed by atoms with Gasteiger partial charge in [0.05, 0.1) is 28.2 Å². The third-order valence-corrected chi connectivity index (χ3v) is 4.92. The number of carbonyl (C=O) groups is 2. The van der Waals surface area contributed by atoms with Gasteiger partial charge in [0.2, 0.25) is 0 Å². The normalized spacial score (nSPS) is 12.9. The zero-order valence-electron chi connectivity index (χ0n) is 17.5. The largest absolute Gasteiger partial charge is 0.416 e. The predicted molar refractivity (Wildman–Crippen MR) is 104 cm³/mol. The number of Topliss-reactive ketones (excluding diaryl/α,β-unsaturated/α-hetero) is 1. The molecular formula is C21H26F3N3O2. The number of aryl methyl sites for hydroxylation is 1. The van der Waals surface area contributed by atoms with Crippen molar-refractivity contribution >= 4 is 11.7 Å². The van der Waals surface area contributed by atoms with E-state index in [1.54, 1.807) is 20.9 Å². The molecule has 0 aliphatic carbocycles. The van der Waals surface area contributed by atoms with Crippen molar-refractivity contribution in [1.29, 1.82) is 0 Å². The van der Waals surface area contributed by atoms with E-state index in [0.29, 0.717) is 17.3 Å². The summed E-state index contributed by atoms with van der Waals surface area (Å²) in [4.78, 5) is 27.0. The van der Waals surface area contributed by atoms with Gasteiger partial charge in [-0.15, -0.1) is 0 Å². The van der Waals surface area contributed by atoms with Crippen LogP contribution in [0.4, 0.5) is 13.2 Å². The lowest BCUT2D eigenvalue weighted by Crippen LogP contribution is -2.40. The zero-order valence-corrected chi connectivity index (χ0v) is 17.5. The highest BCUT2D eigenvalue weighted by Crippen LogP contribution is 2.31. The van der Waals surface area contributed by atoms with Gasteiger partial charge in [-0.2, -0.15) is 18.3 Å². The van der Waals surface area contributed by atoms with Crippen molar-refractivity contribution in [3.63, 3.8) is 0 Å². The Hall–Kier alpha value is -2.64. The second-order valence-corrected chi connectivity index (χ2v) is 7.73. The van der Waals surface area contributed by atoms with Gasteiger partial charge in [-0.3, -0.25) is 9.59 Å². The van der Waals surface area contributed by atoms with Crippen molar-refractivity contribution in [2.45, 2.75) is 53.3 Å². The van der Waals surface area contributed by atoms with Crippen molar-refractivity contribution < 1.29 is 22.8 Å². The van der Waals surface area contributed by atoms with Crippen LogP contribution in [0.1, 0.15) is 54.5 Å². The molecular weight excluding hydrogens is 383 g/mol. The lowest BCUT2D eigenvalue weighted by atomic mass is 10.0. The maximum atomic E-state index is 13.0. The molecule has 0 saturated carbocycles. The summed E-state index contributed by atoms with van der Waals surface area (Å²) in [7, 11) is 1.58. The van der Waals surface area contributed by atoms with Crippen molar-refractivity contribution in [2.24, 2.45) is 5.92 Å². The Kier molecular flexibility index (Phi) is 6.55. The van der Waals surface area contributed by atoms with E-state index in [2.05, 4.69) is 5.10 Å². The van der Waals surface area contributed by atoms with E-state index in [9.17, 15) is 22.8 Å². The molecule has 29 heavy (non-hydrogen) atoms. The van der Waals surface area contributed by atoms with E-state index in [1.807, 2.05) is 20.8 Å². The van der Waals surface area contributed by atoms with Crippen LogP contribution in [0.3, 0.4) is 0 Å². The van der Waals surface area contributed by atoms with Crippen LogP contribution in [0.15, 0.2) is 24.3 Å². The zero-order chi connectivity index (χ0) is 22.1. The Bertz CT molecular complexity index is 916. The molecule has 1 unspecified atom stereocenters. The fraction of sp³-hybridized carbons (Fsp3) is 0.476. The van der Waals surface area contributed by atoms with Crippen LogP contribution in [0.5, 0.6) is 0 Å². The summed E-state index contributed by atoms with van der Waals surface area (Å²) in [5.74, 6) is -1.01. The molecule has 1 aromatic carbocycles. The van der Waals surface area contributed by atoms with Gasteiger partial charge in [-0.1, -0.05) is 19.9 Å². The molecule has 0 fully saturated rings. The number of ketones is 1. The van der Waals surface area contributed by atoms with Crippen LogP contribution in [0, 0.1) is 19.8 Å². The number of halogens is 3. The highest BCUT2D eigenvalue weighted by atomic mass is 19.4. The van der Waals surface area contributed by atoms with Gasteiger partial charge in [0, 0.05) is 13.1 Å². The van der Waals surface area contributed by atoms with Crippen molar-refractivity contribution in [2.75, 3.05) is 7.05 Å². The number of amides is 1. The summed E-state index contributed by atoms with van der Waals surface area (Å²) in [6.45, 7) is 9.07. The second-order valence-electron chi connectivity index (χ2n) is 7.73. The summed E-state index contributed by atoms with van der Waals surface area (Å²) in [5, 5.41) is 4.22. The molecule has 158 valence electrons. The molecule has 0 saturated heterocycles. The summed E-state index contributed by atoms with van der Waals surface area (Å²) in [6.07, 6.45) is -3.74.